The van der Waals surface area contributed by atoms with Crippen molar-refractivity contribution in [2.75, 3.05) is 14.2 Å². The van der Waals surface area contributed by atoms with Crippen molar-refractivity contribution < 1.29 is 14.3 Å². The molecule has 1 aromatic carbocycles. The van der Waals surface area contributed by atoms with Gasteiger partial charge < -0.3 is 14.8 Å². The topological polar surface area (TPSA) is 72.3 Å². The van der Waals surface area contributed by atoms with Crippen LogP contribution in [0.1, 0.15) is 24.9 Å². The number of rotatable bonds is 5. The highest BCUT2D eigenvalue weighted by Crippen LogP contribution is 2.30. The van der Waals surface area contributed by atoms with Crippen molar-refractivity contribution in [3.63, 3.8) is 0 Å². The molecular weight excluding hydrogens is 306 g/mol. The van der Waals surface area contributed by atoms with Gasteiger partial charge in [0.2, 0.25) is 0 Å². The summed E-state index contributed by atoms with van der Waals surface area (Å²) in [6.45, 7) is 1.91. The van der Waals surface area contributed by atoms with E-state index < -0.39 is 0 Å². The number of nitrogens with zero attached hydrogens (tertiary/aromatic N) is 2. The molecule has 1 unspecified atom stereocenters. The third kappa shape index (κ3) is 2.95. The van der Waals surface area contributed by atoms with Gasteiger partial charge in [-0.15, -0.1) is 5.10 Å². The van der Waals surface area contributed by atoms with Gasteiger partial charge in [0.1, 0.15) is 0 Å². The number of hydrogen-bond donors (Lipinski definition) is 1. The average Bonchev–Trinajstić information content (AvgIpc) is 3.05. The van der Waals surface area contributed by atoms with Crippen molar-refractivity contribution >= 4 is 17.3 Å². The van der Waals surface area contributed by atoms with E-state index in [0.29, 0.717) is 23.6 Å². The zero-order valence-corrected chi connectivity index (χ0v) is 13.9. The number of fused-ring (bicyclic) bond motifs is 1. The molecule has 1 N–H and O–H groups in total. The molecule has 6 nitrogen and oxygen atoms in total. The molecule has 1 heterocycles. The van der Waals surface area contributed by atoms with Crippen LogP contribution in [0.25, 0.3) is 0 Å². The molecule has 0 bridgehead atoms. The monoisotopic (exact) mass is 325 g/mol. The summed E-state index contributed by atoms with van der Waals surface area (Å²) in [5.41, 5.74) is 2.91. The lowest BCUT2D eigenvalue weighted by atomic mass is 9.98. The van der Waals surface area contributed by atoms with Crippen molar-refractivity contribution in [3.8, 4) is 11.5 Å². The quantitative estimate of drug-likeness (QED) is 0.904. The zero-order valence-electron chi connectivity index (χ0n) is 13.9. The molecule has 1 atom stereocenters. The first-order valence-electron chi connectivity index (χ1n) is 7.69. The molecule has 6 heteroatoms. The lowest BCUT2D eigenvalue weighted by Gasteiger charge is -2.17. The molecule has 0 saturated heterocycles. The number of benzene rings is 1. The Labute approximate surface area is 140 Å². The van der Waals surface area contributed by atoms with Crippen molar-refractivity contribution in [1.29, 1.82) is 0 Å². The van der Waals surface area contributed by atoms with Crippen LogP contribution < -0.4 is 14.8 Å². The molecule has 0 radical (unpaired) electrons. The highest BCUT2D eigenvalue weighted by molar-refractivity contribution is 6.53. The third-order valence-electron chi connectivity index (χ3n) is 4.02. The number of carbonyl (C=O) groups is 1. The molecule has 1 aromatic rings. The fourth-order valence-corrected chi connectivity index (χ4v) is 2.66. The van der Waals surface area contributed by atoms with E-state index >= 15 is 0 Å². The molecule has 0 spiro atoms. The number of carbonyl (C=O) groups excluding carboxylic acids is 1. The van der Waals surface area contributed by atoms with Crippen LogP contribution in [0.2, 0.25) is 0 Å². The fourth-order valence-electron chi connectivity index (χ4n) is 2.66. The van der Waals surface area contributed by atoms with E-state index in [1.54, 1.807) is 14.2 Å². The SMILES string of the molecule is COc1ccc(C(C)NC(=O)C2=NN=C3CC=CC=C32)cc1OC. The summed E-state index contributed by atoms with van der Waals surface area (Å²) in [6, 6.07) is 5.36. The molecule has 0 aromatic heterocycles. The van der Waals surface area contributed by atoms with Crippen LogP contribution in [-0.2, 0) is 4.79 Å². The number of hydrogen-bond acceptors (Lipinski definition) is 5. The van der Waals surface area contributed by atoms with E-state index in [2.05, 4.69) is 15.5 Å². The van der Waals surface area contributed by atoms with Crippen molar-refractivity contribution in [3.05, 3.63) is 47.6 Å². The number of ether oxygens (including phenoxy) is 2. The summed E-state index contributed by atoms with van der Waals surface area (Å²) in [6.07, 6.45) is 6.48. The summed E-state index contributed by atoms with van der Waals surface area (Å²) >= 11 is 0. The fraction of sp³-hybridized carbons (Fsp3) is 0.278. The lowest BCUT2D eigenvalue weighted by molar-refractivity contribution is -0.115. The molecule has 3 rings (SSSR count). The second-order valence-electron chi connectivity index (χ2n) is 5.52. The van der Waals surface area contributed by atoms with Crippen LogP contribution in [0.15, 0.2) is 52.2 Å². The van der Waals surface area contributed by atoms with Gasteiger partial charge in [0, 0.05) is 12.0 Å². The first-order valence-corrected chi connectivity index (χ1v) is 7.69. The zero-order chi connectivity index (χ0) is 17.1. The van der Waals surface area contributed by atoms with E-state index in [9.17, 15) is 4.79 Å². The van der Waals surface area contributed by atoms with E-state index in [1.165, 1.54) is 0 Å². The largest absolute Gasteiger partial charge is 0.493 e. The molecule has 24 heavy (non-hydrogen) atoms. The van der Waals surface area contributed by atoms with Gasteiger partial charge >= 0.3 is 0 Å². The van der Waals surface area contributed by atoms with Crippen molar-refractivity contribution in [2.24, 2.45) is 10.2 Å². The van der Waals surface area contributed by atoms with E-state index in [4.69, 9.17) is 9.47 Å². The Morgan fingerprint density at radius 2 is 2.00 bits per heavy atom. The van der Waals surface area contributed by atoms with Gasteiger partial charge in [-0.05, 0) is 24.6 Å². The minimum absolute atomic E-state index is 0.205. The Balaban J connectivity index is 1.73. The van der Waals surface area contributed by atoms with Gasteiger partial charge in [0.05, 0.1) is 26.0 Å². The first-order chi connectivity index (χ1) is 11.6. The van der Waals surface area contributed by atoms with Gasteiger partial charge in [0.15, 0.2) is 17.2 Å². The van der Waals surface area contributed by atoms with Crippen LogP contribution >= 0.6 is 0 Å². The summed E-state index contributed by atoms with van der Waals surface area (Å²) in [7, 11) is 3.17. The molecule has 1 aliphatic carbocycles. The molecule has 1 aliphatic heterocycles. The summed E-state index contributed by atoms with van der Waals surface area (Å²) in [4.78, 5) is 12.5. The number of amides is 1. The molecule has 0 fully saturated rings. The summed E-state index contributed by atoms with van der Waals surface area (Å²) in [5.74, 6) is 1.04. The third-order valence-corrected chi connectivity index (χ3v) is 4.02. The normalized spacial score (nSPS) is 16.5. The predicted octanol–water partition coefficient (Wildman–Crippen LogP) is 2.58. The Morgan fingerprint density at radius 1 is 1.21 bits per heavy atom. The molecule has 2 aliphatic rings. The second kappa shape index (κ2) is 6.70. The van der Waals surface area contributed by atoms with Gasteiger partial charge in [-0.25, -0.2) is 0 Å². The Kier molecular flexibility index (Phi) is 4.46. The molecule has 0 saturated carbocycles. The molecular formula is C18H19N3O3. The smallest absolute Gasteiger partial charge is 0.272 e. The van der Waals surface area contributed by atoms with E-state index in [0.717, 1.165) is 16.8 Å². The van der Waals surface area contributed by atoms with Crippen molar-refractivity contribution in [2.45, 2.75) is 19.4 Å². The van der Waals surface area contributed by atoms with Gasteiger partial charge in [-0.2, -0.15) is 5.10 Å². The highest BCUT2D eigenvalue weighted by Gasteiger charge is 2.27. The number of nitrogens with one attached hydrogen (secondary N) is 1. The number of allylic oxidation sites excluding steroid dienone is 3. The maximum absolute atomic E-state index is 12.5. The van der Waals surface area contributed by atoms with Crippen LogP contribution in [-0.4, -0.2) is 31.6 Å². The van der Waals surface area contributed by atoms with Crippen LogP contribution in [0.5, 0.6) is 11.5 Å². The van der Waals surface area contributed by atoms with E-state index in [1.807, 2.05) is 43.4 Å². The Bertz CT molecular complexity index is 791. The van der Waals surface area contributed by atoms with Gasteiger partial charge in [-0.3, -0.25) is 4.79 Å². The van der Waals surface area contributed by atoms with Crippen molar-refractivity contribution in [1.82, 2.24) is 5.32 Å². The molecule has 1 amide bonds. The van der Waals surface area contributed by atoms with Gasteiger partial charge in [-0.1, -0.05) is 24.3 Å². The Morgan fingerprint density at radius 3 is 2.75 bits per heavy atom. The van der Waals surface area contributed by atoms with Crippen LogP contribution in [0.4, 0.5) is 0 Å². The molecule has 124 valence electrons. The summed E-state index contributed by atoms with van der Waals surface area (Å²) < 4.78 is 10.5. The maximum Gasteiger partial charge on any atom is 0.272 e. The van der Waals surface area contributed by atoms with E-state index in [-0.39, 0.29) is 11.9 Å². The highest BCUT2D eigenvalue weighted by atomic mass is 16.5. The summed E-state index contributed by atoms with van der Waals surface area (Å²) in [5, 5.41) is 11.1. The number of methoxy groups -OCH3 is 2. The van der Waals surface area contributed by atoms with Crippen LogP contribution in [0.3, 0.4) is 0 Å². The maximum atomic E-state index is 12.5. The lowest BCUT2D eigenvalue weighted by Crippen LogP contribution is -2.34. The first kappa shape index (κ1) is 16.0. The minimum atomic E-state index is -0.238. The predicted molar refractivity (Wildman–Crippen MR) is 92.8 cm³/mol. The standard InChI is InChI=1S/C18H19N3O3/c1-11(12-8-9-15(23-2)16(10-12)24-3)19-18(22)17-13-6-4-5-7-14(13)20-21-17/h4-6,8-11H,7H2,1-3H3,(H,19,22). The van der Waals surface area contributed by atoms with Crippen LogP contribution in [0, 0.1) is 0 Å². The second-order valence-corrected chi connectivity index (χ2v) is 5.52. The van der Waals surface area contributed by atoms with Gasteiger partial charge in [0.25, 0.3) is 5.91 Å². The average molecular weight is 325 g/mol. The minimum Gasteiger partial charge on any atom is -0.493 e. The Hall–Kier alpha value is -2.89.